The highest BCUT2D eigenvalue weighted by molar-refractivity contribution is 5.91. The number of ether oxygens (including phenoxy) is 4. The third-order valence-corrected chi connectivity index (χ3v) is 14.3. The number of pyridine rings is 2. The van der Waals surface area contributed by atoms with Crippen molar-refractivity contribution in [2.24, 2.45) is 23.7 Å². The molecule has 6 aliphatic heterocycles. The molecule has 0 saturated carbocycles. The molecule has 12 rings (SSSR count). The molecule has 0 spiro atoms. The number of hydrogen-bond donors (Lipinski definition) is 0. The summed E-state index contributed by atoms with van der Waals surface area (Å²) in [5, 5.41) is 13.7. The van der Waals surface area contributed by atoms with Gasteiger partial charge in [-0.1, -0.05) is 38.8 Å². The van der Waals surface area contributed by atoms with Crippen LogP contribution in [0, 0.1) is 23.7 Å². The third kappa shape index (κ3) is 6.58. The molecule has 6 saturated heterocycles. The first-order chi connectivity index (χ1) is 28.5. The average molecular weight is 779 g/mol. The zero-order valence-corrected chi connectivity index (χ0v) is 34.1. The van der Waals surface area contributed by atoms with E-state index >= 15 is 0 Å². The van der Waals surface area contributed by atoms with Crippen molar-refractivity contribution < 1.29 is 18.9 Å². The minimum atomic E-state index is -0.300. The fourth-order valence-electron chi connectivity index (χ4n) is 11.1. The van der Waals surface area contributed by atoms with Gasteiger partial charge in [-0.25, -0.2) is 0 Å². The molecule has 300 valence electrons. The molecule has 10 atom stereocenters. The number of benzene rings is 3. The maximum atomic E-state index is 7.30. The van der Waals surface area contributed by atoms with Crippen molar-refractivity contribution in [2.45, 2.75) is 76.7 Å². The summed E-state index contributed by atoms with van der Waals surface area (Å²) in [6.07, 6.45) is 10.2. The number of hydrogen-bond acceptors (Lipinski definition) is 10. The van der Waals surface area contributed by atoms with E-state index in [1.807, 2.05) is 36.7 Å². The number of nitrogens with zero attached hydrogens (tertiary/aromatic N) is 6. The highest BCUT2D eigenvalue weighted by Crippen LogP contribution is 2.47. The van der Waals surface area contributed by atoms with Crippen LogP contribution in [-0.4, -0.2) is 82.4 Å². The van der Waals surface area contributed by atoms with Gasteiger partial charge in [0, 0.05) is 47.4 Å². The summed E-state index contributed by atoms with van der Waals surface area (Å²) in [5.74, 6) is 5.39. The van der Waals surface area contributed by atoms with Crippen LogP contribution in [-0.2, 0) is 0 Å². The molecular weight excluding hydrogens is 725 g/mol. The topological polar surface area (TPSA) is 95.0 Å². The van der Waals surface area contributed by atoms with E-state index in [-0.39, 0.29) is 24.3 Å². The van der Waals surface area contributed by atoms with E-state index in [1.165, 1.54) is 25.7 Å². The smallest absolute Gasteiger partial charge is 0.242 e. The molecule has 0 amide bonds. The summed E-state index contributed by atoms with van der Waals surface area (Å²) in [6.45, 7) is 9.00. The molecule has 0 radical (unpaired) electrons. The number of rotatable bonds is 12. The van der Waals surface area contributed by atoms with Gasteiger partial charge in [-0.3, -0.25) is 19.8 Å². The largest absolute Gasteiger partial charge is 0.497 e. The lowest BCUT2D eigenvalue weighted by molar-refractivity contribution is -0.0505. The molecule has 0 N–H and O–H groups in total. The van der Waals surface area contributed by atoms with Gasteiger partial charge in [-0.2, -0.15) is 0 Å². The molecule has 10 heteroatoms. The number of methoxy groups -OCH3 is 2. The monoisotopic (exact) mass is 778 g/mol. The van der Waals surface area contributed by atoms with Gasteiger partial charge >= 0.3 is 0 Å². The Kier molecular flexibility index (Phi) is 10.0. The Labute approximate surface area is 340 Å². The Balaban J connectivity index is 1.06. The Hall–Kier alpha value is -5.06. The first-order valence-electron chi connectivity index (χ1n) is 21.5. The van der Waals surface area contributed by atoms with Gasteiger partial charge in [-0.15, -0.1) is 10.2 Å². The lowest BCUT2D eigenvalue weighted by Gasteiger charge is -2.52. The molecule has 10 nitrogen and oxygen atoms in total. The van der Waals surface area contributed by atoms with Gasteiger partial charge in [0.2, 0.25) is 11.8 Å². The molecule has 6 aliphatic rings. The predicted molar refractivity (Wildman–Crippen MR) is 227 cm³/mol. The second-order valence-electron chi connectivity index (χ2n) is 17.0. The van der Waals surface area contributed by atoms with Crippen molar-refractivity contribution in [3.8, 4) is 23.3 Å². The zero-order chi connectivity index (χ0) is 39.3. The highest BCUT2D eigenvalue weighted by atomic mass is 16.5. The molecule has 9 heterocycles. The zero-order valence-electron chi connectivity index (χ0n) is 34.1. The van der Waals surface area contributed by atoms with E-state index in [1.54, 1.807) is 14.2 Å². The Morgan fingerprint density at radius 3 is 1.47 bits per heavy atom. The molecule has 6 aromatic rings. The Bertz CT molecular complexity index is 2280. The van der Waals surface area contributed by atoms with Crippen LogP contribution in [0.4, 0.5) is 0 Å². The number of piperidine rings is 6. The van der Waals surface area contributed by atoms with E-state index in [4.69, 9.17) is 39.1 Å². The molecule has 6 fully saturated rings. The minimum absolute atomic E-state index is 0.180. The van der Waals surface area contributed by atoms with E-state index in [0.717, 1.165) is 94.2 Å². The summed E-state index contributed by atoms with van der Waals surface area (Å²) in [5.41, 5.74) is 4.01. The lowest BCUT2D eigenvalue weighted by Crippen LogP contribution is -2.56. The van der Waals surface area contributed by atoms with Crippen LogP contribution in [0.3, 0.4) is 0 Å². The van der Waals surface area contributed by atoms with Gasteiger partial charge in [0.25, 0.3) is 0 Å². The Morgan fingerprint density at radius 1 is 0.603 bits per heavy atom. The van der Waals surface area contributed by atoms with Gasteiger partial charge in [0.1, 0.15) is 23.7 Å². The SMILES string of the molecule is CCC1CN2CCC1CC2[C@H](Oc1nnc(O[C@H](c2ccnc3ccc(OC)cc23)[C@@H]2CC3CCN2CC3CC)c2ccccc12)c1ccnc2ccc(OC)cc12. The van der Waals surface area contributed by atoms with Crippen LogP contribution < -0.4 is 18.9 Å². The van der Waals surface area contributed by atoms with E-state index in [2.05, 4.69) is 72.2 Å². The standard InChI is InChI=1S/C48H54N6O4/c1-5-29-27-53-21-17-31(29)23-43(53)45(35-15-19-49-41-13-11-33(55-3)25-39(35)41)57-47-37-9-7-8-10-38(37)48(52-51-47)58-46(44-24-32-18-22-54(44)28-30(32)6-2)36-16-20-50-42-14-12-34(56-4)26-40(36)42/h7-16,19-20,25-26,29-32,43-46H,5-6,17-18,21-24,27-28H2,1-4H3/t29?,30?,31?,32?,43-,44?,45+,46+/m0/s1. The summed E-state index contributed by atoms with van der Waals surface area (Å²) in [4.78, 5) is 14.8. The van der Waals surface area contributed by atoms with E-state index < -0.39 is 0 Å². The van der Waals surface area contributed by atoms with Crippen molar-refractivity contribution in [3.05, 3.63) is 96.3 Å². The van der Waals surface area contributed by atoms with Crippen molar-refractivity contribution in [1.82, 2.24) is 30.0 Å². The average Bonchev–Trinajstić information content (AvgIpc) is 3.29. The van der Waals surface area contributed by atoms with Crippen LogP contribution in [0.5, 0.6) is 23.3 Å². The quantitative estimate of drug-likeness (QED) is 0.120. The van der Waals surface area contributed by atoms with Crippen molar-refractivity contribution >= 4 is 32.6 Å². The number of aromatic nitrogens is 4. The van der Waals surface area contributed by atoms with Crippen LogP contribution in [0.1, 0.15) is 75.7 Å². The van der Waals surface area contributed by atoms with Crippen molar-refractivity contribution in [2.75, 3.05) is 40.4 Å². The van der Waals surface area contributed by atoms with E-state index in [0.29, 0.717) is 35.4 Å². The maximum Gasteiger partial charge on any atom is 0.242 e. The molecule has 0 aliphatic carbocycles. The second-order valence-corrected chi connectivity index (χ2v) is 17.0. The van der Waals surface area contributed by atoms with Crippen molar-refractivity contribution in [3.63, 3.8) is 0 Å². The fraction of sp³-hybridized carbons (Fsp3) is 0.458. The lowest BCUT2D eigenvalue weighted by atomic mass is 9.72. The predicted octanol–water partition coefficient (Wildman–Crippen LogP) is 9.22. The van der Waals surface area contributed by atoms with Crippen LogP contribution in [0.25, 0.3) is 32.6 Å². The van der Waals surface area contributed by atoms with Crippen LogP contribution in [0.15, 0.2) is 85.2 Å². The van der Waals surface area contributed by atoms with Crippen LogP contribution in [0.2, 0.25) is 0 Å². The highest BCUT2D eigenvalue weighted by Gasteiger charge is 2.46. The molecule has 4 bridgehead atoms. The summed E-state index contributed by atoms with van der Waals surface area (Å²) in [6, 6.07) is 25.1. The first-order valence-corrected chi connectivity index (χ1v) is 21.5. The summed E-state index contributed by atoms with van der Waals surface area (Å²) in [7, 11) is 3.42. The van der Waals surface area contributed by atoms with Crippen molar-refractivity contribution in [1.29, 1.82) is 0 Å². The van der Waals surface area contributed by atoms with Gasteiger partial charge in [0.15, 0.2) is 0 Å². The molecule has 7 unspecified atom stereocenters. The minimum Gasteiger partial charge on any atom is -0.497 e. The normalized spacial score (nSPS) is 27.4. The Morgan fingerprint density at radius 2 is 1.07 bits per heavy atom. The summed E-state index contributed by atoms with van der Waals surface area (Å²) < 4.78 is 26.0. The maximum absolute atomic E-state index is 7.30. The molecule has 3 aromatic carbocycles. The second kappa shape index (κ2) is 15.6. The first kappa shape index (κ1) is 37.2. The fourth-order valence-corrected chi connectivity index (χ4v) is 11.1. The molecule has 3 aromatic heterocycles. The third-order valence-electron chi connectivity index (χ3n) is 14.3. The summed E-state index contributed by atoms with van der Waals surface area (Å²) >= 11 is 0. The molecular formula is C48H54N6O4. The number of fused-ring (bicyclic) bond motifs is 9. The molecule has 58 heavy (non-hydrogen) atoms. The van der Waals surface area contributed by atoms with Gasteiger partial charge in [-0.05, 0) is 123 Å². The van der Waals surface area contributed by atoms with Crippen LogP contribution >= 0.6 is 0 Å². The van der Waals surface area contributed by atoms with E-state index in [9.17, 15) is 0 Å². The van der Waals surface area contributed by atoms with Gasteiger partial charge in [0.05, 0.1) is 48.1 Å². The van der Waals surface area contributed by atoms with Gasteiger partial charge < -0.3 is 18.9 Å².